The second-order valence-electron chi connectivity index (χ2n) is 4.97. The number of hydrogen-bond donors (Lipinski definition) is 3. The van der Waals surface area contributed by atoms with Gasteiger partial charge in [0.25, 0.3) is 0 Å². The lowest BCUT2D eigenvalue weighted by molar-refractivity contribution is 0.0473. The summed E-state index contributed by atoms with van der Waals surface area (Å²) in [7, 11) is 1.72. The van der Waals surface area contributed by atoms with E-state index < -0.39 is 11.6 Å². The van der Waals surface area contributed by atoms with E-state index in [9.17, 15) is 9.90 Å². The maximum absolute atomic E-state index is 11.0. The molecule has 1 aromatic heterocycles. The fraction of sp³-hybridized carbons (Fsp3) is 0.667. The fourth-order valence-corrected chi connectivity index (χ4v) is 2.47. The van der Waals surface area contributed by atoms with Gasteiger partial charge < -0.3 is 15.5 Å². The van der Waals surface area contributed by atoms with Crippen LogP contribution in [-0.2, 0) is 13.6 Å². The van der Waals surface area contributed by atoms with Crippen LogP contribution in [0.4, 0.5) is 0 Å². The Balaban J connectivity index is 1.94. The molecule has 0 aromatic carbocycles. The van der Waals surface area contributed by atoms with Crippen molar-refractivity contribution in [2.75, 3.05) is 6.54 Å². The highest BCUT2D eigenvalue weighted by atomic mass is 16.4. The first-order chi connectivity index (χ1) is 8.52. The third-order valence-electron chi connectivity index (χ3n) is 3.57. The van der Waals surface area contributed by atoms with Crippen LogP contribution in [0.15, 0.2) is 6.20 Å². The van der Waals surface area contributed by atoms with Crippen LogP contribution in [0.3, 0.4) is 0 Å². The Labute approximate surface area is 106 Å². The van der Waals surface area contributed by atoms with Crippen LogP contribution in [0.5, 0.6) is 0 Å². The monoisotopic (exact) mass is 253 g/mol. The van der Waals surface area contributed by atoms with Gasteiger partial charge in [-0.25, -0.2) is 4.79 Å². The molecule has 18 heavy (non-hydrogen) atoms. The van der Waals surface area contributed by atoms with Crippen LogP contribution in [0.1, 0.15) is 41.7 Å². The summed E-state index contributed by atoms with van der Waals surface area (Å²) >= 11 is 0. The van der Waals surface area contributed by atoms with E-state index in [2.05, 4.69) is 10.4 Å². The maximum atomic E-state index is 11.0. The van der Waals surface area contributed by atoms with Gasteiger partial charge in [-0.15, -0.1) is 0 Å². The Morgan fingerprint density at radius 1 is 1.56 bits per heavy atom. The molecule has 100 valence electrons. The van der Waals surface area contributed by atoms with E-state index in [1.54, 1.807) is 11.7 Å². The Bertz CT molecular complexity index is 436. The van der Waals surface area contributed by atoms with Crippen molar-refractivity contribution < 1.29 is 15.0 Å². The van der Waals surface area contributed by atoms with Crippen LogP contribution in [0.25, 0.3) is 0 Å². The van der Waals surface area contributed by atoms with Gasteiger partial charge >= 0.3 is 5.97 Å². The Morgan fingerprint density at radius 2 is 2.22 bits per heavy atom. The van der Waals surface area contributed by atoms with Crippen LogP contribution >= 0.6 is 0 Å². The molecule has 2 rings (SSSR count). The standard InChI is InChI=1S/C12H19N3O3/c1-15-10(9(6-14-15)11(16)17)7-13-8-12(18)4-2-3-5-12/h6,13,18H,2-5,7-8H2,1H3,(H,16,17). The number of carboxylic acid groups (broad SMARTS) is 1. The number of carbonyl (C=O) groups is 1. The molecular weight excluding hydrogens is 234 g/mol. The molecule has 1 aromatic rings. The lowest BCUT2D eigenvalue weighted by atomic mass is 10.0. The van der Waals surface area contributed by atoms with E-state index in [0.717, 1.165) is 25.7 Å². The molecule has 1 aliphatic rings. The molecule has 1 heterocycles. The number of aliphatic hydroxyl groups is 1. The van der Waals surface area contributed by atoms with Crippen molar-refractivity contribution in [2.45, 2.75) is 37.8 Å². The Hall–Kier alpha value is -1.40. The summed E-state index contributed by atoms with van der Waals surface area (Å²) in [6.45, 7) is 0.900. The van der Waals surface area contributed by atoms with Crippen LogP contribution in [0.2, 0.25) is 0 Å². The molecule has 0 bridgehead atoms. The summed E-state index contributed by atoms with van der Waals surface area (Å²) in [6, 6.07) is 0. The van der Waals surface area contributed by atoms with Gasteiger partial charge in [0, 0.05) is 20.1 Å². The number of rotatable bonds is 5. The summed E-state index contributed by atoms with van der Waals surface area (Å²) in [5.74, 6) is -0.973. The van der Waals surface area contributed by atoms with Crippen LogP contribution in [-0.4, -0.2) is 38.1 Å². The SMILES string of the molecule is Cn1ncc(C(=O)O)c1CNCC1(O)CCCC1. The molecule has 0 saturated heterocycles. The van der Waals surface area contributed by atoms with Crippen molar-refractivity contribution in [2.24, 2.45) is 7.05 Å². The highest BCUT2D eigenvalue weighted by molar-refractivity contribution is 5.88. The number of nitrogens with zero attached hydrogens (tertiary/aromatic N) is 2. The molecule has 3 N–H and O–H groups in total. The Morgan fingerprint density at radius 3 is 2.83 bits per heavy atom. The first-order valence-corrected chi connectivity index (χ1v) is 6.19. The maximum Gasteiger partial charge on any atom is 0.339 e. The second kappa shape index (κ2) is 5.07. The molecule has 0 aliphatic heterocycles. The molecular formula is C12H19N3O3. The van der Waals surface area contributed by atoms with Gasteiger partial charge in [0.1, 0.15) is 5.56 Å². The molecule has 1 aliphatic carbocycles. The minimum absolute atomic E-state index is 0.211. The van der Waals surface area contributed by atoms with E-state index in [1.165, 1.54) is 6.20 Å². The Kier molecular flexibility index (Phi) is 3.68. The lowest BCUT2D eigenvalue weighted by Gasteiger charge is -2.22. The number of aromatic carboxylic acids is 1. The van der Waals surface area contributed by atoms with Crippen molar-refractivity contribution in [3.63, 3.8) is 0 Å². The van der Waals surface area contributed by atoms with Gasteiger partial charge in [-0.05, 0) is 12.8 Å². The zero-order valence-corrected chi connectivity index (χ0v) is 10.5. The molecule has 6 nitrogen and oxygen atoms in total. The quantitative estimate of drug-likeness (QED) is 0.712. The average molecular weight is 253 g/mol. The minimum atomic E-state index is -0.973. The number of nitrogens with one attached hydrogen (secondary N) is 1. The van der Waals surface area contributed by atoms with Crippen molar-refractivity contribution in [1.82, 2.24) is 15.1 Å². The van der Waals surface area contributed by atoms with Gasteiger partial charge in [-0.3, -0.25) is 4.68 Å². The summed E-state index contributed by atoms with van der Waals surface area (Å²) in [6.07, 6.45) is 5.10. The smallest absolute Gasteiger partial charge is 0.339 e. The number of aryl methyl sites for hydroxylation is 1. The molecule has 0 amide bonds. The summed E-state index contributed by atoms with van der Waals surface area (Å²) < 4.78 is 1.55. The third kappa shape index (κ3) is 2.70. The van der Waals surface area contributed by atoms with E-state index >= 15 is 0 Å². The topological polar surface area (TPSA) is 87.4 Å². The fourth-order valence-electron chi connectivity index (χ4n) is 2.47. The second-order valence-corrected chi connectivity index (χ2v) is 4.97. The highest BCUT2D eigenvalue weighted by Crippen LogP contribution is 2.28. The molecule has 1 fully saturated rings. The van der Waals surface area contributed by atoms with E-state index in [-0.39, 0.29) is 5.56 Å². The van der Waals surface area contributed by atoms with Crippen molar-refractivity contribution in [3.05, 3.63) is 17.5 Å². The van der Waals surface area contributed by atoms with Gasteiger partial charge in [0.15, 0.2) is 0 Å². The minimum Gasteiger partial charge on any atom is -0.478 e. The zero-order chi connectivity index (χ0) is 13.2. The number of aromatic nitrogens is 2. The normalized spacial score (nSPS) is 18.1. The molecule has 6 heteroatoms. The van der Waals surface area contributed by atoms with Gasteiger partial charge in [-0.1, -0.05) is 12.8 Å². The van der Waals surface area contributed by atoms with Gasteiger partial charge in [-0.2, -0.15) is 5.10 Å². The van der Waals surface area contributed by atoms with Gasteiger partial charge in [0.2, 0.25) is 0 Å². The van der Waals surface area contributed by atoms with E-state index in [0.29, 0.717) is 18.8 Å². The summed E-state index contributed by atoms with van der Waals surface area (Å²) in [5, 5.41) is 26.2. The highest BCUT2D eigenvalue weighted by Gasteiger charge is 2.30. The number of hydrogen-bond acceptors (Lipinski definition) is 4. The molecule has 1 saturated carbocycles. The molecule has 0 radical (unpaired) electrons. The summed E-state index contributed by atoms with van der Waals surface area (Å²) in [5.41, 5.74) is 0.217. The van der Waals surface area contributed by atoms with Gasteiger partial charge in [0.05, 0.1) is 17.5 Å². The van der Waals surface area contributed by atoms with E-state index in [1.807, 2.05) is 0 Å². The van der Waals surface area contributed by atoms with E-state index in [4.69, 9.17) is 5.11 Å². The molecule has 0 unspecified atom stereocenters. The first kappa shape index (κ1) is 13.0. The average Bonchev–Trinajstić information content (AvgIpc) is 2.87. The molecule has 0 atom stereocenters. The molecule has 0 spiro atoms. The largest absolute Gasteiger partial charge is 0.478 e. The third-order valence-corrected chi connectivity index (χ3v) is 3.57. The summed E-state index contributed by atoms with van der Waals surface area (Å²) in [4.78, 5) is 11.0. The predicted molar refractivity (Wildman–Crippen MR) is 65.3 cm³/mol. The number of carboxylic acids is 1. The van der Waals surface area contributed by atoms with Crippen molar-refractivity contribution >= 4 is 5.97 Å². The van der Waals surface area contributed by atoms with Crippen LogP contribution < -0.4 is 5.32 Å². The van der Waals surface area contributed by atoms with Crippen molar-refractivity contribution in [1.29, 1.82) is 0 Å². The predicted octanol–water partition coefficient (Wildman–Crippen LogP) is 0.513. The zero-order valence-electron chi connectivity index (χ0n) is 10.5. The van der Waals surface area contributed by atoms with Crippen LogP contribution in [0, 0.1) is 0 Å². The first-order valence-electron chi connectivity index (χ1n) is 6.19. The lowest BCUT2D eigenvalue weighted by Crippen LogP contribution is -2.38. The van der Waals surface area contributed by atoms with Crippen molar-refractivity contribution in [3.8, 4) is 0 Å².